The van der Waals surface area contributed by atoms with E-state index in [1.807, 2.05) is 16.7 Å². The summed E-state index contributed by atoms with van der Waals surface area (Å²) in [6.45, 7) is 0. The van der Waals surface area contributed by atoms with E-state index < -0.39 is 0 Å². The standard InChI is InChI=1S/C50H64N2/c1-3-12-33(13-4-1)36-17-11-18-40(29-36)48-32-49(52-50(51-48)35-15-5-2-6-16-35)41-25-23-37-28-39(24-22-38(37)30-41)46-31-47-42-19-8-7-14-34(42)26-27-45(47)43-20-9-10-21-44(43)46/h1,3-5,12,15,23,25,28-29,31,33,35,38,40,45,47-52H,2,6-11,13-14,16-22,24,26-27,30,32H2. The van der Waals surface area contributed by atoms with Crippen molar-refractivity contribution in [1.82, 2.24) is 10.6 Å². The zero-order valence-electron chi connectivity index (χ0n) is 31.9. The topological polar surface area (TPSA) is 24.1 Å². The summed E-state index contributed by atoms with van der Waals surface area (Å²) in [4.78, 5) is 0. The number of hydrogen-bond donors (Lipinski definition) is 2. The third-order valence-corrected chi connectivity index (χ3v) is 15.6. The molecule has 2 N–H and O–H groups in total. The summed E-state index contributed by atoms with van der Waals surface area (Å²) < 4.78 is 0. The van der Waals surface area contributed by atoms with Crippen LogP contribution in [-0.2, 0) is 0 Å². The van der Waals surface area contributed by atoms with E-state index in [4.69, 9.17) is 0 Å². The highest BCUT2D eigenvalue weighted by Crippen LogP contribution is 2.54. The normalized spacial score (nSPS) is 38.9. The zero-order valence-corrected chi connectivity index (χ0v) is 31.9. The van der Waals surface area contributed by atoms with E-state index in [1.54, 1.807) is 33.4 Å². The fourth-order valence-electron chi connectivity index (χ4n) is 12.9. The van der Waals surface area contributed by atoms with Crippen LogP contribution in [0.4, 0.5) is 0 Å². The summed E-state index contributed by atoms with van der Waals surface area (Å²) in [5, 5.41) is 8.48. The summed E-state index contributed by atoms with van der Waals surface area (Å²) in [7, 11) is 0. The molecular weight excluding hydrogens is 629 g/mol. The first-order valence-corrected chi connectivity index (χ1v) is 22.2. The van der Waals surface area contributed by atoms with E-state index >= 15 is 0 Å². The first kappa shape index (κ1) is 33.9. The molecule has 0 bridgehead atoms. The van der Waals surface area contributed by atoms with Crippen LogP contribution in [0.15, 0.2) is 117 Å². The van der Waals surface area contributed by atoms with Crippen LogP contribution in [0.3, 0.4) is 0 Å². The van der Waals surface area contributed by atoms with Gasteiger partial charge in [-0.25, -0.2) is 0 Å². The first-order chi connectivity index (χ1) is 25.7. The number of rotatable bonds is 5. The Morgan fingerprint density at radius 3 is 2.46 bits per heavy atom. The summed E-state index contributed by atoms with van der Waals surface area (Å²) in [6, 6.07) is 1.02. The maximum absolute atomic E-state index is 4.24. The molecule has 2 nitrogen and oxygen atoms in total. The van der Waals surface area contributed by atoms with Gasteiger partial charge in [0.15, 0.2) is 0 Å². The highest BCUT2D eigenvalue weighted by molar-refractivity contribution is 5.58. The largest absolute Gasteiger partial charge is 0.298 e. The molecule has 2 heteroatoms. The van der Waals surface area contributed by atoms with Crippen LogP contribution < -0.4 is 10.6 Å². The van der Waals surface area contributed by atoms with Gasteiger partial charge in [-0.2, -0.15) is 0 Å². The molecule has 10 rings (SSSR count). The highest BCUT2D eigenvalue weighted by atomic mass is 15.2. The molecule has 0 radical (unpaired) electrons. The Hall–Kier alpha value is -2.68. The molecule has 52 heavy (non-hydrogen) atoms. The van der Waals surface area contributed by atoms with Crippen LogP contribution in [0.5, 0.6) is 0 Å². The maximum Gasteiger partial charge on any atom is 0.0643 e. The first-order valence-electron chi connectivity index (χ1n) is 22.2. The number of allylic oxidation sites excluding steroid dienone is 17. The molecule has 9 unspecified atom stereocenters. The van der Waals surface area contributed by atoms with Gasteiger partial charge < -0.3 is 0 Å². The van der Waals surface area contributed by atoms with Gasteiger partial charge in [0.05, 0.1) is 6.17 Å². The molecule has 1 fully saturated rings. The minimum absolute atomic E-state index is 0.375. The van der Waals surface area contributed by atoms with Crippen molar-refractivity contribution < 1.29 is 0 Å². The van der Waals surface area contributed by atoms with Gasteiger partial charge in [-0.1, -0.05) is 94.7 Å². The van der Waals surface area contributed by atoms with Crippen LogP contribution in [-0.4, -0.2) is 18.2 Å². The zero-order chi connectivity index (χ0) is 34.4. The summed E-state index contributed by atoms with van der Waals surface area (Å²) in [5.74, 6) is 4.06. The third kappa shape index (κ3) is 6.57. The molecule has 9 aliphatic carbocycles. The van der Waals surface area contributed by atoms with Gasteiger partial charge in [0.1, 0.15) is 0 Å². The van der Waals surface area contributed by atoms with Crippen molar-refractivity contribution in [1.29, 1.82) is 0 Å². The van der Waals surface area contributed by atoms with Crippen molar-refractivity contribution in [3.8, 4) is 0 Å². The van der Waals surface area contributed by atoms with E-state index in [1.165, 1.54) is 135 Å². The highest BCUT2D eigenvalue weighted by Gasteiger charge is 2.41. The predicted octanol–water partition coefficient (Wildman–Crippen LogP) is 12.1. The SMILES string of the molecule is C1=CCC(C2=CC(C3CC(C4=CC=C5C=C(C6=CC7C8=C(CCCC8)CCC7C7=C6CCCC7)CCC5C4)NC(C4C=CCCC4)N3)CCC2)C=C1. The number of nitrogens with one attached hydrogen (secondary N) is 2. The monoisotopic (exact) mass is 693 g/mol. The van der Waals surface area contributed by atoms with Crippen molar-refractivity contribution in [2.75, 3.05) is 0 Å². The van der Waals surface area contributed by atoms with Crippen molar-refractivity contribution in [3.63, 3.8) is 0 Å². The van der Waals surface area contributed by atoms with Crippen LogP contribution in [0.1, 0.15) is 135 Å². The molecule has 10 aliphatic rings. The second-order valence-corrected chi connectivity index (χ2v) is 18.5. The third-order valence-electron chi connectivity index (χ3n) is 15.6. The van der Waals surface area contributed by atoms with E-state index in [2.05, 4.69) is 77.5 Å². The lowest BCUT2D eigenvalue weighted by Gasteiger charge is -2.46. The van der Waals surface area contributed by atoms with Crippen LogP contribution in [0, 0.1) is 35.5 Å². The molecule has 1 aliphatic heterocycles. The molecule has 274 valence electrons. The summed E-state index contributed by atoms with van der Waals surface area (Å²) in [5.41, 5.74) is 15.8. The van der Waals surface area contributed by atoms with Crippen molar-refractivity contribution in [2.24, 2.45) is 35.5 Å². The average molecular weight is 693 g/mol. The maximum atomic E-state index is 4.24. The molecule has 0 spiro atoms. The summed E-state index contributed by atoms with van der Waals surface area (Å²) >= 11 is 0. The van der Waals surface area contributed by atoms with Crippen LogP contribution in [0.2, 0.25) is 0 Å². The number of hydrogen-bond acceptors (Lipinski definition) is 2. The molecule has 0 saturated carbocycles. The van der Waals surface area contributed by atoms with Crippen LogP contribution in [0.25, 0.3) is 0 Å². The molecule has 0 amide bonds. The Morgan fingerprint density at radius 1 is 0.654 bits per heavy atom. The van der Waals surface area contributed by atoms with Crippen molar-refractivity contribution >= 4 is 0 Å². The van der Waals surface area contributed by atoms with Gasteiger partial charge in [0.25, 0.3) is 0 Å². The Morgan fingerprint density at radius 2 is 1.56 bits per heavy atom. The molecule has 0 aromatic heterocycles. The lowest BCUT2D eigenvalue weighted by atomic mass is 9.61. The minimum atomic E-state index is 0.375. The smallest absolute Gasteiger partial charge is 0.0643 e. The number of fused-ring (bicyclic) bond motifs is 4. The molecule has 1 saturated heterocycles. The van der Waals surface area contributed by atoms with Gasteiger partial charge in [-0.15, -0.1) is 0 Å². The predicted molar refractivity (Wildman–Crippen MR) is 217 cm³/mol. The summed E-state index contributed by atoms with van der Waals surface area (Å²) in [6.07, 6.45) is 56.1. The van der Waals surface area contributed by atoms with E-state index in [-0.39, 0.29) is 0 Å². The van der Waals surface area contributed by atoms with Gasteiger partial charge in [0.2, 0.25) is 0 Å². The van der Waals surface area contributed by atoms with Crippen molar-refractivity contribution in [3.05, 3.63) is 117 Å². The van der Waals surface area contributed by atoms with Crippen LogP contribution >= 0.6 is 0 Å². The fraction of sp³-hybridized carbons (Fsp3) is 0.600. The lowest BCUT2D eigenvalue weighted by Crippen LogP contribution is -2.63. The molecule has 9 atom stereocenters. The molecule has 0 aromatic rings. The Bertz CT molecular complexity index is 1730. The molecular formula is C50H64N2. The molecule has 1 heterocycles. The Labute approximate surface area is 315 Å². The van der Waals surface area contributed by atoms with Crippen molar-refractivity contribution in [2.45, 2.75) is 153 Å². The van der Waals surface area contributed by atoms with Gasteiger partial charge in [0, 0.05) is 29.8 Å². The second-order valence-electron chi connectivity index (χ2n) is 18.5. The lowest BCUT2D eigenvalue weighted by molar-refractivity contribution is 0.175. The van der Waals surface area contributed by atoms with Gasteiger partial charge in [-0.05, 0) is 175 Å². The van der Waals surface area contributed by atoms with E-state index in [9.17, 15) is 0 Å². The Balaban J connectivity index is 0.925. The van der Waals surface area contributed by atoms with E-state index in [0.717, 1.165) is 5.92 Å². The molecule has 0 aromatic carbocycles. The van der Waals surface area contributed by atoms with Gasteiger partial charge in [-0.3, -0.25) is 10.6 Å². The fourth-order valence-corrected chi connectivity index (χ4v) is 12.9. The van der Waals surface area contributed by atoms with Gasteiger partial charge >= 0.3 is 0 Å². The Kier molecular flexibility index (Phi) is 9.68. The second kappa shape index (κ2) is 14.9. The minimum Gasteiger partial charge on any atom is -0.298 e. The average Bonchev–Trinajstić information content (AvgIpc) is 3.23. The quantitative estimate of drug-likeness (QED) is 0.280. The van der Waals surface area contributed by atoms with E-state index in [0.29, 0.717) is 47.8 Å².